The van der Waals surface area contributed by atoms with E-state index in [1.54, 1.807) is 0 Å². The molecule has 0 aliphatic rings. The van der Waals surface area contributed by atoms with E-state index in [1.165, 1.54) is 29.9 Å². The van der Waals surface area contributed by atoms with E-state index in [0.717, 1.165) is 11.0 Å². The van der Waals surface area contributed by atoms with E-state index in [4.69, 9.17) is 10.5 Å². The molecule has 0 saturated heterocycles. The average Bonchev–Trinajstić information content (AvgIpc) is 2.61. The monoisotopic (exact) mass is 378 g/mol. The molecule has 0 radical (unpaired) electrons. The van der Waals surface area contributed by atoms with Crippen LogP contribution in [0.2, 0.25) is 0 Å². The molecule has 0 fully saturated rings. The molecular weight excluding hydrogens is 355 g/mol. The number of rotatable bonds is 7. The number of carbonyl (C=O) groups excluding carboxylic acids is 1. The molecule has 0 saturated carbocycles. The summed E-state index contributed by atoms with van der Waals surface area (Å²) in [6.07, 6.45) is 0. The minimum Gasteiger partial charge on any atom is -0.383 e. The first-order chi connectivity index (χ1) is 12.8. The number of aromatic amines is 1. The smallest absolute Gasteiger partial charge is 0.330 e. The summed E-state index contributed by atoms with van der Waals surface area (Å²) in [6.45, 7) is 4.05. The van der Waals surface area contributed by atoms with Gasteiger partial charge in [-0.15, -0.1) is 0 Å². The van der Waals surface area contributed by atoms with E-state index in [2.05, 4.69) is 4.98 Å². The molecule has 0 aliphatic carbocycles. The van der Waals surface area contributed by atoms with Gasteiger partial charge in [0, 0.05) is 20.2 Å². The van der Waals surface area contributed by atoms with Crippen molar-refractivity contribution in [2.75, 3.05) is 30.9 Å². The number of carbonyl (C=O) groups is 1. The van der Waals surface area contributed by atoms with Gasteiger partial charge in [-0.3, -0.25) is 24.0 Å². The van der Waals surface area contributed by atoms with Gasteiger partial charge >= 0.3 is 5.69 Å². The number of nitrogens with zero attached hydrogens (tertiary/aromatic N) is 2. The Morgan fingerprint density at radius 2 is 2.00 bits per heavy atom. The Morgan fingerprint density at radius 3 is 2.59 bits per heavy atom. The molecule has 2 rings (SSSR count). The van der Waals surface area contributed by atoms with Crippen LogP contribution < -0.4 is 21.9 Å². The summed E-state index contributed by atoms with van der Waals surface area (Å²) in [5, 5.41) is 0. The van der Waals surface area contributed by atoms with Crippen molar-refractivity contribution in [1.82, 2.24) is 9.55 Å². The minimum atomic E-state index is -0.821. The maximum atomic E-state index is 14.1. The van der Waals surface area contributed by atoms with Gasteiger partial charge in [-0.05, 0) is 18.1 Å². The number of halogens is 1. The number of benzene rings is 1. The number of anilines is 2. The van der Waals surface area contributed by atoms with Crippen LogP contribution in [0.5, 0.6) is 0 Å². The number of H-pyrrole nitrogens is 1. The lowest BCUT2D eigenvalue weighted by Crippen LogP contribution is -2.43. The number of amides is 1. The van der Waals surface area contributed by atoms with Crippen LogP contribution in [-0.4, -0.2) is 35.7 Å². The predicted molar refractivity (Wildman–Crippen MR) is 101 cm³/mol. The molecule has 9 heteroatoms. The van der Waals surface area contributed by atoms with Gasteiger partial charge in [-0.2, -0.15) is 0 Å². The van der Waals surface area contributed by atoms with Crippen LogP contribution >= 0.6 is 0 Å². The van der Waals surface area contributed by atoms with Gasteiger partial charge in [0.2, 0.25) is 0 Å². The number of hydrogen-bond acceptors (Lipinski definition) is 5. The predicted octanol–water partition coefficient (Wildman–Crippen LogP) is 1.21. The molecule has 1 aromatic heterocycles. The molecule has 1 heterocycles. The van der Waals surface area contributed by atoms with Crippen molar-refractivity contribution < 1.29 is 13.9 Å². The van der Waals surface area contributed by atoms with Crippen LogP contribution in [0.4, 0.5) is 15.9 Å². The van der Waals surface area contributed by atoms with Gasteiger partial charge in [-0.1, -0.05) is 26.0 Å². The summed E-state index contributed by atoms with van der Waals surface area (Å²) >= 11 is 0. The standard InChI is InChI=1S/C18H23FN4O4/c1-11(2)10-23-15(20)14(16(24)21-18(23)26)22(8-9-27-3)17(25)12-6-4-5-7-13(12)19/h4-7,11H,8-10,20H2,1-3H3,(H,21,24,26). The van der Waals surface area contributed by atoms with Gasteiger partial charge in [0.05, 0.1) is 12.2 Å². The molecule has 0 spiro atoms. The van der Waals surface area contributed by atoms with Crippen LogP contribution in [-0.2, 0) is 11.3 Å². The number of hydrogen-bond donors (Lipinski definition) is 2. The summed E-state index contributed by atoms with van der Waals surface area (Å²) in [7, 11) is 1.43. The number of nitrogens with one attached hydrogen (secondary N) is 1. The highest BCUT2D eigenvalue weighted by Crippen LogP contribution is 2.21. The molecule has 0 bridgehead atoms. The molecule has 2 aromatic rings. The number of methoxy groups -OCH3 is 1. The van der Waals surface area contributed by atoms with Crippen molar-refractivity contribution in [3.05, 3.63) is 56.5 Å². The molecule has 1 aromatic carbocycles. The molecule has 8 nitrogen and oxygen atoms in total. The Bertz CT molecular complexity index is 936. The second-order valence-corrected chi connectivity index (χ2v) is 6.43. The molecule has 0 aliphatic heterocycles. The molecular formula is C18H23FN4O4. The zero-order chi connectivity index (χ0) is 20.1. The largest absolute Gasteiger partial charge is 0.383 e. The van der Waals surface area contributed by atoms with Crippen molar-refractivity contribution in [1.29, 1.82) is 0 Å². The normalized spacial score (nSPS) is 11.0. The first-order valence-electron chi connectivity index (χ1n) is 8.45. The molecule has 146 valence electrons. The minimum absolute atomic E-state index is 0.0448. The van der Waals surface area contributed by atoms with Crippen molar-refractivity contribution in [3.8, 4) is 0 Å². The number of ether oxygens (including phenoxy) is 1. The Kier molecular flexibility index (Phi) is 6.51. The topological polar surface area (TPSA) is 110 Å². The van der Waals surface area contributed by atoms with E-state index < -0.39 is 23.0 Å². The maximum Gasteiger partial charge on any atom is 0.330 e. The van der Waals surface area contributed by atoms with Crippen LogP contribution in [0.15, 0.2) is 33.9 Å². The average molecular weight is 378 g/mol. The molecule has 1 amide bonds. The lowest BCUT2D eigenvalue weighted by atomic mass is 10.1. The summed E-state index contributed by atoms with van der Waals surface area (Å²) in [5.41, 5.74) is 4.16. The third-order valence-corrected chi connectivity index (χ3v) is 3.90. The first-order valence-corrected chi connectivity index (χ1v) is 8.45. The molecule has 0 atom stereocenters. The van der Waals surface area contributed by atoms with Gasteiger partial charge in [-0.25, -0.2) is 9.18 Å². The third kappa shape index (κ3) is 4.43. The number of nitrogen functional groups attached to an aromatic ring is 1. The van der Waals surface area contributed by atoms with Gasteiger partial charge in [0.15, 0.2) is 5.69 Å². The quantitative estimate of drug-likeness (QED) is 0.752. The van der Waals surface area contributed by atoms with Gasteiger partial charge < -0.3 is 10.5 Å². The summed E-state index contributed by atoms with van der Waals surface area (Å²) in [4.78, 5) is 40.7. The maximum absolute atomic E-state index is 14.1. The van der Waals surface area contributed by atoms with Crippen molar-refractivity contribution >= 4 is 17.4 Å². The van der Waals surface area contributed by atoms with Crippen molar-refractivity contribution in [2.45, 2.75) is 20.4 Å². The Hall–Kier alpha value is -2.94. The summed E-state index contributed by atoms with van der Waals surface area (Å²) in [5.74, 6) is -1.57. The first kappa shape index (κ1) is 20.4. The lowest BCUT2D eigenvalue weighted by molar-refractivity contribution is 0.0971. The lowest BCUT2D eigenvalue weighted by Gasteiger charge is -2.25. The van der Waals surface area contributed by atoms with E-state index in [-0.39, 0.29) is 42.7 Å². The highest BCUT2D eigenvalue weighted by atomic mass is 19.1. The fourth-order valence-electron chi connectivity index (χ4n) is 2.66. The Morgan fingerprint density at radius 1 is 1.33 bits per heavy atom. The highest BCUT2D eigenvalue weighted by molar-refractivity contribution is 6.07. The van der Waals surface area contributed by atoms with Crippen molar-refractivity contribution in [3.63, 3.8) is 0 Å². The van der Waals surface area contributed by atoms with E-state index in [9.17, 15) is 18.8 Å². The zero-order valence-electron chi connectivity index (χ0n) is 15.5. The third-order valence-electron chi connectivity index (χ3n) is 3.90. The molecule has 3 N–H and O–H groups in total. The number of nitrogens with two attached hydrogens (primary N) is 1. The fourth-order valence-corrected chi connectivity index (χ4v) is 2.66. The Labute approximate surface area is 155 Å². The van der Waals surface area contributed by atoms with Gasteiger partial charge in [0.1, 0.15) is 11.6 Å². The van der Waals surface area contributed by atoms with E-state index >= 15 is 0 Å². The molecule has 0 unspecified atom stereocenters. The van der Waals surface area contributed by atoms with E-state index in [0.29, 0.717) is 0 Å². The van der Waals surface area contributed by atoms with Crippen LogP contribution in [0, 0.1) is 11.7 Å². The SMILES string of the molecule is COCCN(C(=O)c1ccccc1F)c1c(N)n(CC(C)C)c(=O)[nH]c1=O. The second-order valence-electron chi connectivity index (χ2n) is 6.43. The summed E-state index contributed by atoms with van der Waals surface area (Å²) < 4.78 is 20.3. The van der Waals surface area contributed by atoms with Crippen molar-refractivity contribution in [2.24, 2.45) is 5.92 Å². The van der Waals surface area contributed by atoms with Gasteiger partial charge in [0.25, 0.3) is 11.5 Å². The fraction of sp³-hybridized carbons (Fsp3) is 0.389. The zero-order valence-corrected chi connectivity index (χ0v) is 15.5. The van der Waals surface area contributed by atoms with Crippen LogP contribution in [0.25, 0.3) is 0 Å². The van der Waals surface area contributed by atoms with Crippen LogP contribution in [0.3, 0.4) is 0 Å². The number of aromatic nitrogens is 2. The van der Waals surface area contributed by atoms with Crippen LogP contribution in [0.1, 0.15) is 24.2 Å². The molecule has 27 heavy (non-hydrogen) atoms. The highest BCUT2D eigenvalue weighted by Gasteiger charge is 2.26. The Balaban J connectivity index is 2.63. The van der Waals surface area contributed by atoms with E-state index in [1.807, 2.05) is 13.8 Å². The second kappa shape index (κ2) is 8.63. The summed E-state index contributed by atoms with van der Waals surface area (Å²) in [6, 6.07) is 5.43.